The van der Waals surface area contributed by atoms with Crippen molar-refractivity contribution in [2.24, 2.45) is 7.05 Å². The molecule has 0 aliphatic heterocycles. The van der Waals surface area contributed by atoms with Crippen LogP contribution >= 0.6 is 23.2 Å². The average Bonchev–Trinajstić information content (AvgIpc) is 2.70. The highest BCUT2D eigenvalue weighted by molar-refractivity contribution is 6.34. The van der Waals surface area contributed by atoms with Gasteiger partial charge in [-0.2, -0.15) is 0 Å². The summed E-state index contributed by atoms with van der Waals surface area (Å²) in [6.07, 6.45) is 3.05. The maximum atomic E-state index is 13.5. The number of aromatic nitrogens is 3. The highest BCUT2D eigenvalue weighted by Crippen LogP contribution is 2.34. The van der Waals surface area contributed by atoms with Crippen molar-refractivity contribution in [3.8, 4) is 11.3 Å². The second-order valence-electron chi connectivity index (χ2n) is 4.27. The molecular formula is C13H7Cl2F2N3. The molecule has 3 aromatic rings. The lowest BCUT2D eigenvalue weighted by atomic mass is 10.1. The van der Waals surface area contributed by atoms with E-state index in [1.165, 1.54) is 6.20 Å². The molecule has 0 unspecified atom stereocenters. The topological polar surface area (TPSA) is 30.7 Å². The largest absolute Gasteiger partial charge is 0.350 e. The fraction of sp³-hybridized carbons (Fsp3) is 0.0769. The van der Waals surface area contributed by atoms with Crippen LogP contribution in [0.15, 0.2) is 24.5 Å². The molecule has 0 aliphatic rings. The summed E-state index contributed by atoms with van der Waals surface area (Å²) in [5.41, 5.74) is 1.48. The van der Waals surface area contributed by atoms with Gasteiger partial charge in [-0.3, -0.25) is 0 Å². The third-order valence-corrected chi connectivity index (χ3v) is 3.46. The molecule has 0 spiro atoms. The molecule has 2 aromatic heterocycles. The van der Waals surface area contributed by atoms with Crippen LogP contribution in [0.5, 0.6) is 0 Å². The summed E-state index contributed by atoms with van der Waals surface area (Å²) in [5.74, 6) is -1.83. The molecule has 0 saturated carbocycles. The Morgan fingerprint density at radius 2 is 1.85 bits per heavy atom. The molecule has 0 saturated heterocycles. The number of benzene rings is 1. The maximum Gasteiger partial charge on any atom is 0.222 e. The highest BCUT2D eigenvalue weighted by Gasteiger charge is 2.16. The standard InChI is InChI=1S/C13H7Cl2F2N3/c1-20-5-7(12-8(14)4-18-13(15)19-12)6-2-9(16)10(17)3-11(6)20/h2-5H,1H3. The van der Waals surface area contributed by atoms with Gasteiger partial charge in [-0.25, -0.2) is 18.7 Å². The van der Waals surface area contributed by atoms with E-state index in [0.717, 1.165) is 12.1 Å². The van der Waals surface area contributed by atoms with Crippen LogP contribution in [0.1, 0.15) is 0 Å². The molecule has 0 bridgehead atoms. The van der Waals surface area contributed by atoms with Gasteiger partial charge in [-0.1, -0.05) is 11.6 Å². The first kappa shape index (κ1) is 13.3. The van der Waals surface area contributed by atoms with E-state index < -0.39 is 11.6 Å². The summed E-state index contributed by atoms with van der Waals surface area (Å²) >= 11 is 11.8. The van der Waals surface area contributed by atoms with E-state index in [4.69, 9.17) is 23.2 Å². The molecule has 0 N–H and O–H groups in total. The van der Waals surface area contributed by atoms with Crippen molar-refractivity contribution in [3.63, 3.8) is 0 Å². The van der Waals surface area contributed by atoms with Crippen LogP contribution < -0.4 is 0 Å². The second-order valence-corrected chi connectivity index (χ2v) is 5.02. The molecule has 0 amide bonds. The number of halogens is 4. The predicted octanol–water partition coefficient (Wildman–Crippen LogP) is 4.22. The van der Waals surface area contributed by atoms with Crippen molar-refractivity contribution in [1.29, 1.82) is 0 Å². The third-order valence-electron chi connectivity index (χ3n) is 3.00. The molecule has 0 aliphatic carbocycles. The minimum atomic E-state index is -0.929. The Hall–Kier alpha value is -1.72. The summed E-state index contributed by atoms with van der Waals surface area (Å²) in [6, 6.07) is 2.25. The molecule has 7 heteroatoms. The van der Waals surface area contributed by atoms with Crippen LogP contribution in [0.25, 0.3) is 22.2 Å². The van der Waals surface area contributed by atoms with Gasteiger partial charge in [-0.05, 0) is 17.7 Å². The van der Waals surface area contributed by atoms with Crippen LogP contribution in [0, 0.1) is 11.6 Å². The SMILES string of the molecule is Cn1cc(-c2nc(Cl)ncc2Cl)c2cc(F)c(F)cc21. The van der Waals surface area contributed by atoms with Crippen LogP contribution in [0.3, 0.4) is 0 Å². The highest BCUT2D eigenvalue weighted by atomic mass is 35.5. The van der Waals surface area contributed by atoms with E-state index in [1.807, 2.05) is 0 Å². The zero-order valence-electron chi connectivity index (χ0n) is 10.2. The van der Waals surface area contributed by atoms with E-state index >= 15 is 0 Å². The van der Waals surface area contributed by atoms with E-state index in [1.54, 1.807) is 17.8 Å². The van der Waals surface area contributed by atoms with Crippen molar-refractivity contribution in [2.75, 3.05) is 0 Å². The van der Waals surface area contributed by atoms with Crippen LogP contribution in [-0.2, 0) is 7.05 Å². The zero-order chi connectivity index (χ0) is 14.4. The normalized spacial score (nSPS) is 11.2. The van der Waals surface area contributed by atoms with E-state index in [9.17, 15) is 8.78 Å². The van der Waals surface area contributed by atoms with Crippen LogP contribution in [0.4, 0.5) is 8.78 Å². The third kappa shape index (κ3) is 2.03. The van der Waals surface area contributed by atoms with E-state index in [2.05, 4.69) is 9.97 Å². The average molecular weight is 314 g/mol. The van der Waals surface area contributed by atoms with Gasteiger partial charge >= 0.3 is 0 Å². The Bertz CT molecular complexity index is 830. The Balaban J connectivity index is 2.37. The molecule has 102 valence electrons. The van der Waals surface area contributed by atoms with Gasteiger partial charge in [0.2, 0.25) is 5.28 Å². The summed E-state index contributed by atoms with van der Waals surface area (Å²) in [5, 5.41) is 0.818. The van der Waals surface area contributed by atoms with Crippen molar-refractivity contribution < 1.29 is 8.78 Å². The maximum absolute atomic E-state index is 13.5. The Morgan fingerprint density at radius 3 is 2.60 bits per heavy atom. The van der Waals surface area contributed by atoms with Gasteiger partial charge in [0.05, 0.1) is 22.4 Å². The van der Waals surface area contributed by atoms with Crippen molar-refractivity contribution in [1.82, 2.24) is 14.5 Å². The summed E-state index contributed by atoms with van der Waals surface area (Å²) in [7, 11) is 1.72. The Labute approximate surface area is 122 Å². The minimum Gasteiger partial charge on any atom is -0.350 e. The van der Waals surface area contributed by atoms with Crippen LogP contribution in [-0.4, -0.2) is 14.5 Å². The van der Waals surface area contributed by atoms with Gasteiger partial charge in [0.1, 0.15) is 0 Å². The van der Waals surface area contributed by atoms with Gasteiger partial charge in [0.15, 0.2) is 11.6 Å². The molecule has 3 nitrogen and oxygen atoms in total. The quantitative estimate of drug-likeness (QED) is 0.630. The molecule has 0 fully saturated rings. The number of hydrogen-bond donors (Lipinski definition) is 0. The fourth-order valence-corrected chi connectivity index (χ4v) is 2.43. The second kappa shape index (κ2) is 4.68. The Kier molecular flexibility index (Phi) is 3.11. The minimum absolute atomic E-state index is 0.0315. The summed E-state index contributed by atoms with van der Waals surface area (Å²) < 4.78 is 28.4. The lowest BCUT2D eigenvalue weighted by molar-refractivity contribution is 0.510. The first-order valence-electron chi connectivity index (χ1n) is 5.60. The van der Waals surface area contributed by atoms with Gasteiger partial charge in [0, 0.05) is 30.3 Å². The number of hydrogen-bond acceptors (Lipinski definition) is 2. The number of nitrogens with zero attached hydrogens (tertiary/aromatic N) is 3. The van der Waals surface area contributed by atoms with E-state index in [-0.39, 0.29) is 10.3 Å². The van der Waals surface area contributed by atoms with Gasteiger partial charge in [-0.15, -0.1) is 0 Å². The fourth-order valence-electron chi connectivity index (χ4n) is 2.10. The van der Waals surface area contributed by atoms with Gasteiger partial charge in [0.25, 0.3) is 0 Å². The van der Waals surface area contributed by atoms with Crippen molar-refractivity contribution in [2.45, 2.75) is 0 Å². The van der Waals surface area contributed by atoms with Crippen molar-refractivity contribution >= 4 is 34.1 Å². The van der Waals surface area contributed by atoms with Crippen molar-refractivity contribution in [3.05, 3.63) is 46.5 Å². The summed E-state index contributed by atoms with van der Waals surface area (Å²) in [4.78, 5) is 7.82. The predicted molar refractivity (Wildman–Crippen MR) is 73.9 cm³/mol. The smallest absolute Gasteiger partial charge is 0.222 e. The molecule has 3 rings (SSSR count). The molecule has 1 aromatic carbocycles. The lowest BCUT2D eigenvalue weighted by Crippen LogP contribution is -1.89. The molecule has 2 heterocycles. The van der Waals surface area contributed by atoms with Crippen LogP contribution in [0.2, 0.25) is 10.3 Å². The number of fused-ring (bicyclic) bond motifs is 1. The molecule has 0 radical (unpaired) electrons. The first-order chi connectivity index (χ1) is 9.47. The number of aryl methyl sites for hydroxylation is 1. The number of rotatable bonds is 1. The molecular weight excluding hydrogens is 307 g/mol. The first-order valence-corrected chi connectivity index (χ1v) is 6.35. The van der Waals surface area contributed by atoms with Gasteiger partial charge < -0.3 is 4.57 Å². The molecule has 0 atom stereocenters. The lowest BCUT2D eigenvalue weighted by Gasteiger charge is -2.02. The Morgan fingerprint density at radius 1 is 1.15 bits per heavy atom. The summed E-state index contributed by atoms with van der Waals surface area (Å²) in [6.45, 7) is 0. The molecule has 20 heavy (non-hydrogen) atoms. The monoisotopic (exact) mass is 313 g/mol. The zero-order valence-corrected chi connectivity index (χ0v) is 11.7. The van der Waals surface area contributed by atoms with E-state index in [0.29, 0.717) is 22.2 Å².